The maximum atomic E-state index is 14.5. The highest BCUT2D eigenvalue weighted by Crippen LogP contribution is 2.34. The molecule has 6 nitrogen and oxygen atoms in total. The van der Waals surface area contributed by atoms with Gasteiger partial charge in [0.05, 0.1) is 11.4 Å². The minimum absolute atomic E-state index is 0.194. The van der Waals surface area contributed by atoms with Gasteiger partial charge in [-0.25, -0.2) is 4.39 Å². The van der Waals surface area contributed by atoms with Crippen molar-refractivity contribution in [3.8, 4) is 0 Å². The van der Waals surface area contributed by atoms with Crippen LogP contribution in [0.3, 0.4) is 0 Å². The largest absolute Gasteiger partial charge is 0.342 e. The summed E-state index contributed by atoms with van der Waals surface area (Å²) >= 11 is 7.03. The molecule has 1 N–H and O–H groups in total. The van der Waals surface area contributed by atoms with E-state index in [1.54, 1.807) is 30.5 Å². The quantitative estimate of drug-likeness (QED) is 0.270. The van der Waals surface area contributed by atoms with Crippen LogP contribution in [0, 0.1) is 19.7 Å². The van der Waals surface area contributed by atoms with Gasteiger partial charge in [0.15, 0.2) is 0 Å². The SMILES string of the molecule is Cc1ccc(NC(=O)CN2C(=O)S/C(=C/c3cn(Cc4c(F)cccc4Cl)c4ccccc34)C2=O)c(C)c1. The van der Waals surface area contributed by atoms with E-state index in [9.17, 15) is 18.8 Å². The number of hydrogen-bond acceptors (Lipinski definition) is 4. The summed E-state index contributed by atoms with van der Waals surface area (Å²) in [6, 6.07) is 17.7. The summed E-state index contributed by atoms with van der Waals surface area (Å²) in [5.74, 6) is -1.40. The number of aromatic nitrogens is 1. The maximum Gasteiger partial charge on any atom is 0.294 e. The van der Waals surface area contributed by atoms with E-state index in [-0.39, 0.29) is 18.0 Å². The van der Waals surface area contributed by atoms with Crippen LogP contribution in [0.1, 0.15) is 22.3 Å². The molecule has 1 aromatic heterocycles. The van der Waals surface area contributed by atoms with Gasteiger partial charge in [-0.1, -0.05) is 53.6 Å². The van der Waals surface area contributed by atoms with Gasteiger partial charge in [0.25, 0.3) is 11.1 Å². The molecule has 3 amide bonds. The molecule has 0 aliphatic carbocycles. The van der Waals surface area contributed by atoms with Crippen molar-refractivity contribution in [2.24, 2.45) is 0 Å². The summed E-state index contributed by atoms with van der Waals surface area (Å²) in [5.41, 5.74) is 4.46. The molecule has 2 heterocycles. The lowest BCUT2D eigenvalue weighted by Gasteiger charge is -2.14. The summed E-state index contributed by atoms with van der Waals surface area (Å²) in [5, 5.41) is 3.41. The second-order valence-electron chi connectivity index (χ2n) is 9.06. The molecule has 3 aromatic carbocycles. The predicted octanol–water partition coefficient (Wildman–Crippen LogP) is 6.77. The maximum absolute atomic E-state index is 14.5. The minimum atomic E-state index is -0.537. The summed E-state index contributed by atoms with van der Waals surface area (Å²) in [6.07, 6.45) is 3.43. The third-order valence-corrected chi connectivity index (χ3v) is 7.59. The minimum Gasteiger partial charge on any atom is -0.342 e. The van der Waals surface area contributed by atoms with Crippen LogP contribution in [0.15, 0.2) is 71.8 Å². The van der Waals surface area contributed by atoms with Crippen LogP contribution in [0.4, 0.5) is 14.9 Å². The van der Waals surface area contributed by atoms with Crippen LogP contribution >= 0.6 is 23.4 Å². The van der Waals surface area contributed by atoms with E-state index in [1.807, 2.05) is 54.8 Å². The van der Waals surface area contributed by atoms with E-state index in [0.717, 1.165) is 38.7 Å². The lowest BCUT2D eigenvalue weighted by molar-refractivity contribution is -0.127. The van der Waals surface area contributed by atoms with Gasteiger partial charge in [0, 0.05) is 38.9 Å². The fraction of sp³-hybridized carbons (Fsp3) is 0.138. The average molecular weight is 548 g/mol. The Morgan fingerprint density at radius 2 is 1.87 bits per heavy atom. The number of aryl methyl sites for hydroxylation is 2. The van der Waals surface area contributed by atoms with Gasteiger partial charge in [-0.05, 0) is 61.5 Å². The number of carbonyl (C=O) groups excluding carboxylic acids is 3. The molecule has 0 saturated carbocycles. The zero-order valence-electron chi connectivity index (χ0n) is 20.6. The molecule has 1 aliphatic rings. The van der Waals surface area contributed by atoms with Crippen LogP contribution in [0.5, 0.6) is 0 Å². The van der Waals surface area contributed by atoms with Gasteiger partial charge < -0.3 is 9.88 Å². The second-order valence-corrected chi connectivity index (χ2v) is 10.5. The number of amides is 3. The molecule has 0 spiro atoms. The Hall–Kier alpha value is -3.88. The van der Waals surface area contributed by atoms with Crippen LogP contribution in [-0.4, -0.2) is 33.1 Å². The third kappa shape index (κ3) is 5.10. The van der Waals surface area contributed by atoms with Crippen molar-refractivity contribution < 1.29 is 18.8 Å². The molecule has 0 atom stereocenters. The number of carbonyl (C=O) groups is 3. The van der Waals surface area contributed by atoms with Crippen molar-refractivity contribution in [3.63, 3.8) is 0 Å². The Balaban J connectivity index is 1.39. The number of nitrogens with zero attached hydrogens (tertiary/aromatic N) is 2. The monoisotopic (exact) mass is 547 g/mol. The zero-order valence-corrected chi connectivity index (χ0v) is 22.2. The van der Waals surface area contributed by atoms with Gasteiger partial charge >= 0.3 is 0 Å². The summed E-state index contributed by atoms with van der Waals surface area (Å²) in [7, 11) is 0. The Morgan fingerprint density at radius 1 is 1.08 bits per heavy atom. The number of hydrogen-bond donors (Lipinski definition) is 1. The summed E-state index contributed by atoms with van der Waals surface area (Å²) in [4.78, 5) is 39.5. The number of anilines is 1. The first-order chi connectivity index (χ1) is 18.2. The van der Waals surface area contributed by atoms with E-state index < -0.39 is 22.9 Å². The van der Waals surface area contributed by atoms with E-state index in [1.165, 1.54) is 6.07 Å². The lowest BCUT2D eigenvalue weighted by Crippen LogP contribution is -2.36. The van der Waals surface area contributed by atoms with Gasteiger partial charge in [-0.3, -0.25) is 19.3 Å². The van der Waals surface area contributed by atoms with Gasteiger partial charge in [-0.2, -0.15) is 0 Å². The zero-order chi connectivity index (χ0) is 27.0. The molecular formula is C29H23ClFN3O3S. The molecule has 1 saturated heterocycles. The standard InChI is InChI=1S/C29H23ClFN3O3S/c1-17-10-11-24(18(2)12-17)32-27(35)16-34-28(36)26(38-29(34)37)13-19-14-33(25-9-4-3-6-20(19)25)15-21-22(30)7-5-8-23(21)31/h3-14H,15-16H2,1-2H3,(H,32,35)/b26-13+. The molecule has 0 bridgehead atoms. The smallest absolute Gasteiger partial charge is 0.294 e. The molecule has 9 heteroatoms. The van der Waals surface area contributed by atoms with Gasteiger partial charge in [0.1, 0.15) is 12.4 Å². The highest BCUT2D eigenvalue weighted by molar-refractivity contribution is 8.18. The molecule has 0 unspecified atom stereocenters. The van der Waals surface area contributed by atoms with Crippen molar-refractivity contribution in [1.29, 1.82) is 0 Å². The van der Waals surface area contributed by atoms with Gasteiger partial charge in [-0.15, -0.1) is 0 Å². The summed E-state index contributed by atoms with van der Waals surface area (Å²) in [6.45, 7) is 3.64. The average Bonchev–Trinajstić information content (AvgIpc) is 3.35. The number of imide groups is 1. The lowest BCUT2D eigenvalue weighted by atomic mass is 10.1. The van der Waals surface area contributed by atoms with E-state index in [4.69, 9.17) is 11.6 Å². The molecule has 192 valence electrons. The third-order valence-electron chi connectivity index (χ3n) is 6.33. The number of thioether (sulfide) groups is 1. The highest BCUT2D eigenvalue weighted by Gasteiger charge is 2.36. The molecule has 5 rings (SSSR count). The number of nitrogens with one attached hydrogen (secondary N) is 1. The normalized spacial score (nSPS) is 14.6. The second kappa shape index (κ2) is 10.5. The van der Waals surface area contributed by atoms with Crippen molar-refractivity contribution in [1.82, 2.24) is 9.47 Å². The van der Waals surface area contributed by atoms with Crippen molar-refractivity contribution in [3.05, 3.63) is 105 Å². The van der Waals surface area contributed by atoms with Crippen molar-refractivity contribution in [2.75, 3.05) is 11.9 Å². The first-order valence-electron chi connectivity index (χ1n) is 11.8. The number of benzene rings is 3. The number of halogens is 2. The molecule has 1 aliphatic heterocycles. The summed E-state index contributed by atoms with van der Waals surface area (Å²) < 4.78 is 16.3. The van der Waals surface area contributed by atoms with E-state index in [0.29, 0.717) is 21.8 Å². The first kappa shape index (κ1) is 25.8. The van der Waals surface area contributed by atoms with Crippen LogP contribution < -0.4 is 5.32 Å². The van der Waals surface area contributed by atoms with Crippen LogP contribution in [0.25, 0.3) is 17.0 Å². The first-order valence-corrected chi connectivity index (χ1v) is 13.0. The van der Waals surface area contributed by atoms with E-state index >= 15 is 0 Å². The molecule has 1 fully saturated rings. The van der Waals surface area contributed by atoms with E-state index in [2.05, 4.69) is 5.32 Å². The van der Waals surface area contributed by atoms with Crippen LogP contribution in [0.2, 0.25) is 5.02 Å². The van der Waals surface area contributed by atoms with Crippen molar-refractivity contribution in [2.45, 2.75) is 20.4 Å². The Kier molecular flexibility index (Phi) is 7.10. The number of fused-ring (bicyclic) bond motifs is 1. The number of rotatable bonds is 6. The predicted molar refractivity (Wildman–Crippen MR) is 150 cm³/mol. The molecular weight excluding hydrogens is 525 g/mol. The van der Waals surface area contributed by atoms with Crippen LogP contribution in [-0.2, 0) is 16.1 Å². The van der Waals surface area contributed by atoms with Crippen molar-refractivity contribution >= 4 is 63.1 Å². The van der Waals surface area contributed by atoms with Gasteiger partial charge in [0.2, 0.25) is 5.91 Å². The fourth-order valence-corrected chi connectivity index (χ4v) is 5.49. The molecule has 38 heavy (non-hydrogen) atoms. The Morgan fingerprint density at radius 3 is 2.63 bits per heavy atom. The topological polar surface area (TPSA) is 71.4 Å². The highest BCUT2D eigenvalue weighted by atomic mass is 35.5. The Bertz CT molecular complexity index is 1630. The molecule has 4 aromatic rings. The molecule has 0 radical (unpaired) electrons. The number of para-hydroxylation sites is 1. The Labute approximate surface area is 228 Å². The fourth-order valence-electron chi connectivity index (χ4n) is 4.44.